The zero-order chi connectivity index (χ0) is 28.1. The van der Waals surface area contributed by atoms with Crippen molar-refractivity contribution in [3.8, 4) is 11.5 Å². The highest BCUT2D eigenvalue weighted by Gasteiger charge is 2.35. The Morgan fingerprint density at radius 2 is 1.74 bits per heavy atom. The van der Waals surface area contributed by atoms with Crippen molar-refractivity contribution in [2.45, 2.75) is 57.8 Å². The minimum Gasteiger partial charge on any atom is -0.493 e. The summed E-state index contributed by atoms with van der Waals surface area (Å²) in [4.78, 5) is 13.0. The summed E-state index contributed by atoms with van der Waals surface area (Å²) in [6.45, 7) is 7.23. The molecule has 0 aromatic heterocycles. The molecular weight excluding hydrogens is 520 g/mol. The number of hydrogen-bond acceptors (Lipinski definition) is 7. The molecule has 2 rings (SSSR count). The van der Waals surface area contributed by atoms with Crippen LogP contribution in [-0.2, 0) is 26.3 Å². The number of carbonyl (C=O) groups is 1. The van der Waals surface area contributed by atoms with E-state index in [1.54, 1.807) is 21.1 Å². The molecule has 4 atom stereocenters. The Bertz CT molecular complexity index is 977. The first-order chi connectivity index (χ1) is 18.2. The third-order valence-corrected chi connectivity index (χ3v) is 7.13. The number of nitrogens with two attached hydrogens (primary N) is 1. The van der Waals surface area contributed by atoms with Crippen molar-refractivity contribution >= 4 is 18.3 Å². The lowest BCUT2D eigenvalue weighted by Gasteiger charge is -2.30. The molecule has 9 heteroatoms. The molecule has 2 aromatic carbocycles. The minimum absolute atomic E-state index is 0. The van der Waals surface area contributed by atoms with Crippen LogP contribution in [0, 0.1) is 11.8 Å². The number of amides is 1. The first-order valence-electron chi connectivity index (χ1n) is 13.3. The number of ether oxygens (including phenoxy) is 4. The highest BCUT2D eigenvalue weighted by Crippen LogP contribution is 2.31. The molecule has 0 bridgehead atoms. The predicted octanol–water partition coefficient (Wildman–Crippen LogP) is 4.10. The Kier molecular flexibility index (Phi) is 15.4. The average Bonchev–Trinajstić information content (AvgIpc) is 2.93. The first kappa shape index (κ1) is 34.7. The summed E-state index contributed by atoms with van der Waals surface area (Å²) in [5.41, 5.74) is 7.11. The van der Waals surface area contributed by atoms with Gasteiger partial charge in [0.05, 0.1) is 19.8 Å². The van der Waals surface area contributed by atoms with E-state index in [9.17, 15) is 9.90 Å². The van der Waals surface area contributed by atoms with Crippen LogP contribution in [-0.4, -0.2) is 64.2 Å². The molecule has 0 aliphatic rings. The van der Waals surface area contributed by atoms with Crippen LogP contribution in [0.2, 0.25) is 0 Å². The van der Waals surface area contributed by atoms with E-state index in [0.717, 1.165) is 24.0 Å². The van der Waals surface area contributed by atoms with E-state index < -0.39 is 17.7 Å². The number of rotatable bonds is 17. The van der Waals surface area contributed by atoms with Gasteiger partial charge in [-0.3, -0.25) is 4.79 Å². The van der Waals surface area contributed by atoms with Gasteiger partial charge in [0.25, 0.3) is 5.91 Å². The summed E-state index contributed by atoms with van der Waals surface area (Å²) >= 11 is 0. The number of hydrogen-bond donors (Lipinski definition) is 3. The van der Waals surface area contributed by atoms with Gasteiger partial charge >= 0.3 is 0 Å². The topological polar surface area (TPSA) is 112 Å². The van der Waals surface area contributed by atoms with Gasteiger partial charge < -0.3 is 35.1 Å². The smallest absolute Gasteiger partial charge is 0.256 e. The van der Waals surface area contributed by atoms with Crippen LogP contribution in [0.5, 0.6) is 11.5 Å². The van der Waals surface area contributed by atoms with E-state index in [2.05, 4.69) is 19.2 Å². The third-order valence-electron chi connectivity index (χ3n) is 7.13. The van der Waals surface area contributed by atoms with Crippen molar-refractivity contribution in [3.05, 3.63) is 59.7 Å². The van der Waals surface area contributed by atoms with Crippen molar-refractivity contribution in [2.75, 3.05) is 41.1 Å². The second-order valence-corrected chi connectivity index (χ2v) is 10.2. The van der Waals surface area contributed by atoms with Gasteiger partial charge in [0.1, 0.15) is 0 Å². The molecule has 0 aliphatic heterocycles. The molecule has 0 aliphatic carbocycles. The molecule has 8 nitrogen and oxygen atoms in total. The van der Waals surface area contributed by atoms with Crippen molar-refractivity contribution < 1.29 is 28.8 Å². The zero-order valence-corrected chi connectivity index (χ0v) is 25.0. The summed E-state index contributed by atoms with van der Waals surface area (Å²) in [6.07, 6.45) is 1.27. The molecule has 0 unspecified atom stereocenters. The summed E-state index contributed by atoms with van der Waals surface area (Å²) in [5, 5.41) is 13.6. The Balaban J connectivity index is 0.00000760. The summed E-state index contributed by atoms with van der Waals surface area (Å²) in [7, 11) is 4.80. The van der Waals surface area contributed by atoms with Gasteiger partial charge in [-0.15, -0.1) is 12.4 Å². The van der Waals surface area contributed by atoms with Gasteiger partial charge in [-0.25, -0.2) is 0 Å². The lowest BCUT2D eigenvalue weighted by molar-refractivity contribution is -0.143. The molecule has 1 amide bonds. The van der Waals surface area contributed by atoms with Crippen LogP contribution in [0.3, 0.4) is 0 Å². The standard InChI is InChI=1S/C30H46N2O6.ClH/c1-21(2)23(17-22-13-14-27(36-5)28(18-22)38-16-10-15-35-4)19-25(31)26(33)20-32-29(34)30(3,37-6)24-11-8-7-9-12-24;/h7-9,11-14,18,21,23,25-26,33H,10,15-17,19-20,31H2,1-6H3,(H,32,34);1H/t23-,25-,26-,30+;/m0./s1. The fraction of sp³-hybridized carbons (Fsp3) is 0.567. The monoisotopic (exact) mass is 566 g/mol. The third kappa shape index (κ3) is 10.3. The predicted molar refractivity (Wildman–Crippen MR) is 157 cm³/mol. The van der Waals surface area contributed by atoms with Crippen LogP contribution >= 0.6 is 12.4 Å². The van der Waals surface area contributed by atoms with Gasteiger partial charge in [-0.1, -0.05) is 50.2 Å². The quantitative estimate of drug-likeness (QED) is 0.247. The fourth-order valence-electron chi connectivity index (χ4n) is 4.36. The summed E-state index contributed by atoms with van der Waals surface area (Å²) < 4.78 is 22.0. The molecule has 0 radical (unpaired) electrons. The van der Waals surface area contributed by atoms with Crippen LogP contribution in [0.15, 0.2) is 48.5 Å². The highest BCUT2D eigenvalue weighted by atomic mass is 35.5. The Labute approximate surface area is 240 Å². The summed E-state index contributed by atoms with van der Waals surface area (Å²) in [5.74, 6) is 1.63. The number of methoxy groups -OCH3 is 3. The van der Waals surface area contributed by atoms with E-state index in [1.807, 2.05) is 48.5 Å². The number of carbonyl (C=O) groups excluding carboxylic acids is 1. The fourth-order valence-corrected chi connectivity index (χ4v) is 4.36. The normalized spacial score (nSPS) is 15.0. The van der Waals surface area contributed by atoms with Gasteiger partial charge in [0.15, 0.2) is 17.1 Å². The van der Waals surface area contributed by atoms with Crippen LogP contribution in [0.4, 0.5) is 0 Å². The maximum atomic E-state index is 13.0. The van der Waals surface area contributed by atoms with Gasteiger partial charge in [-0.2, -0.15) is 0 Å². The van der Waals surface area contributed by atoms with E-state index >= 15 is 0 Å². The Hall–Kier alpha value is -2.36. The molecule has 0 heterocycles. The highest BCUT2D eigenvalue weighted by molar-refractivity contribution is 5.86. The van der Waals surface area contributed by atoms with Crippen molar-refractivity contribution in [1.29, 1.82) is 0 Å². The molecule has 4 N–H and O–H groups in total. The first-order valence-corrected chi connectivity index (χ1v) is 13.3. The van der Waals surface area contributed by atoms with Crippen LogP contribution in [0.1, 0.15) is 44.7 Å². The van der Waals surface area contributed by atoms with E-state index in [0.29, 0.717) is 37.1 Å². The molecule has 0 saturated carbocycles. The number of aliphatic hydroxyl groups is 1. The molecule has 0 spiro atoms. The van der Waals surface area contributed by atoms with Crippen LogP contribution in [0.25, 0.3) is 0 Å². The Morgan fingerprint density at radius 3 is 2.33 bits per heavy atom. The molecule has 2 aromatic rings. The van der Waals surface area contributed by atoms with E-state index in [4.69, 9.17) is 24.7 Å². The maximum Gasteiger partial charge on any atom is 0.256 e. The lowest BCUT2D eigenvalue weighted by Crippen LogP contribution is -2.50. The van der Waals surface area contributed by atoms with Gasteiger partial charge in [-0.05, 0) is 54.9 Å². The van der Waals surface area contributed by atoms with Crippen molar-refractivity contribution in [2.24, 2.45) is 17.6 Å². The zero-order valence-electron chi connectivity index (χ0n) is 24.1. The van der Waals surface area contributed by atoms with Gasteiger partial charge in [0, 0.05) is 39.8 Å². The average molecular weight is 567 g/mol. The second-order valence-electron chi connectivity index (χ2n) is 10.2. The molecule has 39 heavy (non-hydrogen) atoms. The number of nitrogens with one attached hydrogen (secondary N) is 1. The van der Waals surface area contributed by atoms with Crippen molar-refractivity contribution in [3.63, 3.8) is 0 Å². The molecule has 0 fully saturated rings. The minimum atomic E-state index is -1.16. The number of benzene rings is 2. The Morgan fingerprint density at radius 1 is 1.05 bits per heavy atom. The molecule has 0 saturated heterocycles. The SMILES string of the molecule is COCCCOc1cc(C[C@@H](C[C@H](N)[C@@H](O)CNC(=O)[C@](C)(OC)c2ccccc2)C(C)C)ccc1OC.Cl. The van der Waals surface area contributed by atoms with Crippen molar-refractivity contribution in [1.82, 2.24) is 5.32 Å². The molecular formula is C30H47ClN2O6. The maximum absolute atomic E-state index is 13.0. The number of halogens is 1. The second kappa shape index (κ2) is 17.4. The van der Waals surface area contributed by atoms with E-state index in [-0.39, 0.29) is 30.8 Å². The van der Waals surface area contributed by atoms with Crippen LogP contribution < -0.4 is 20.5 Å². The van der Waals surface area contributed by atoms with E-state index in [1.165, 1.54) is 7.11 Å². The largest absolute Gasteiger partial charge is 0.493 e. The number of aliphatic hydroxyl groups excluding tert-OH is 1. The summed E-state index contributed by atoms with van der Waals surface area (Å²) in [6, 6.07) is 14.7. The molecule has 220 valence electrons. The lowest BCUT2D eigenvalue weighted by atomic mass is 9.83. The van der Waals surface area contributed by atoms with Gasteiger partial charge in [0.2, 0.25) is 0 Å².